The van der Waals surface area contributed by atoms with Gasteiger partial charge in [0.25, 0.3) is 0 Å². The molecule has 404 valence electrons. The lowest BCUT2D eigenvalue weighted by Gasteiger charge is -2.46. The minimum atomic E-state index is -6.13. The van der Waals surface area contributed by atoms with E-state index in [1.54, 1.807) is 29.1 Å². The first-order chi connectivity index (χ1) is 34.5. The molecule has 0 amide bonds. The molecule has 0 atom stereocenters. The maximum absolute atomic E-state index is 14.2. The second-order valence-electron chi connectivity index (χ2n) is 16.2. The molecule has 29 heteroatoms. The molecule has 0 saturated heterocycles. The topological polar surface area (TPSA) is 57.6 Å². The van der Waals surface area contributed by atoms with E-state index < -0.39 is 195 Å². The molecular weight excluding hydrogens is 1090 g/mol. The molecule has 4 nitrogen and oxygen atoms in total. The summed E-state index contributed by atoms with van der Waals surface area (Å²) in [6.07, 6.45) is -50.0. The fourth-order valence-corrected chi connectivity index (χ4v) is 7.77. The summed E-state index contributed by atoms with van der Waals surface area (Å²) in [4.78, 5) is 16.1. The zero-order valence-corrected chi connectivity index (χ0v) is 36.9. The van der Waals surface area contributed by atoms with Gasteiger partial charge in [-0.3, -0.25) is 9.78 Å². The van der Waals surface area contributed by atoms with Gasteiger partial charge in [-0.2, -0.15) is 137 Å². The summed E-state index contributed by atoms with van der Waals surface area (Å²) in [5, 5.41) is 8.89. The van der Waals surface area contributed by atoms with Crippen LogP contribution in [0.25, 0.3) is 5.57 Å². The van der Waals surface area contributed by atoms with Crippen LogP contribution < -0.4 is 26.4 Å². The number of hydrogen-bond donors (Lipinski definition) is 0. The quantitative estimate of drug-likeness (QED) is 0.0502. The number of aromatic nitrogens is 2. The van der Waals surface area contributed by atoms with Crippen molar-refractivity contribution in [3.05, 3.63) is 184 Å². The van der Waals surface area contributed by atoms with E-state index in [4.69, 9.17) is 5.26 Å². The lowest BCUT2D eigenvalue weighted by atomic mass is 9.12. The first-order valence-electron chi connectivity index (χ1n) is 20.4. The van der Waals surface area contributed by atoms with Crippen LogP contribution in [0.2, 0.25) is 0 Å². The number of Topliss-reactive ketones (excluding diaryl/α,β-unsaturated/α-hetero) is 1. The number of rotatable bonds is 8. The van der Waals surface area contributed by atoms with Gasteiger partial charge in [0, 0.05) is 5.56 Å². The molecule has 0 aliphatic carbocycles. The highest BCUT2D eigenvalue weighted by Crippen LogP contribution is 2.41. The summed E-state index contributed by atoms with van der Waals surface area (Å²) in [7, 11) is 0. The molecule has 1 heterocycles. The van der Waals surface area contributed by atoms with Crippen LogP contribution in [0, 0.1) is 11.3 Å². The number of carbonyl (C=O) groups excluding carboxylic acids is 1. The van der Waals surface area contributed by atoms with Gasteiger partial charge >= 0.3 is 49.4 Å². The number of nitrogens with zero attached hydrogens (tertiary/aromatic N) is 3. The third-order valence-electron chi connectivity index (χ3n) is 11.1. The molecule has 76 heavy (non-hydrogen) atoms. The second kappa shape index (κ2) is 20.5. The molecule has 1 aromatic heterocycles. The highest BCUT2D eigenvalue weighted by Gasteiger charge is 2.47. The van der Waals surface area contributed by atoms with E-state index >= 15 is 0 Å². The molecular formula is C47H24BF24N3O. The Morgan fingerprint density at radius 2 is 0.724 bits per heavy atom. The molecule has 0 saturated carbocycles. The van der Waals surface area contributed by atoms with E-state index in [9.17, 15) is 110 Å². The van der Waals surface area contributed by atoms with Crippen LogP contribution in [-0.4, -0.2) is 16.9 Å². The molecule has 6 aromatic rings. The molecule has 0 radical (unpaired) electrons. The first-order valence-corrected chi connectivity index (χ1v) is 20.4. The van der Waals surface area contributed by atoms with Crippen LogP contribution in [0.1, 0.15) is 60.6 Å². The molecule has 0 bridgehead atoms. The van der Waals surface area contributed by atoms with Gasteiger partial charge in [-0.15, -0.1) is 0 Å². The molecule has 0 fully saturated rings. The van der Waals surface area contributed by atoms with E-state index in [0.29, 0.717) is 11.3 Å². The Kier molecular flexibility index (Phi) is 16.0. The highest BCUT2D eigenvalue weighted by molar-refractivity contribution is 7.20. The van der Waals surface area contributed by atoms with Crippen LogP contribution in [0.4, 0.5) is 105 Å². The van der Waals surface area contributed by atoms with Gasteiger partial charge in [-0.05, 0) is 24.3 Å². The van der Waals surface area contributed by atoms with Gasteiger partial charge in [0.2, 0.25) is 18.0 Å². The van der Waals surface area contributed by atoms with Crippen molar-refractivity contribution in [1.29, 1.82) is 5.26 Å². The van der Waals surface area contributed by atoms with E-state index in [2.05, 4.69) is 11.6 Å². The lowest BCUT2D eigenvalue weighted by Crippen LogP contribution is -2.75. The van der Waals surface area contributed by atoms with Crippen LogP contribution in [0.15, 0.2) is 128 Å². The third-order valence-corrected chi connectivity index (χ3v) is 11.1. The van der Waals surface area contributed by atoms with Gasteiger partial charge in [-0.1, -0.05) is 85.4 Å². The van der Waals surface area contributed by atoms with Crippen molar-refractivity contribution >= 4 is 39.4 Å². The van der Waals surface area contributed by atoms with Crippen molar-refractivity contribution in [2.24, 2.45) is 0 Å². The van der Waals surface area contributed by atoms with E-state index in [0.717, 1.165) is 0 Å². The fourth-order valence-electron chi connectivity index (χ4n) is 7.77. The monoisotopic (exact) mass is 1110 g/mol. The molecule has 0 aliphatic rings. The Hall–Kier alpha value is -7.54. The molecule has 0 aliphatic heterocycles. The Bertz CT molecular complexity index is 2740. The zero-order chi connectivity index (χ0) is 57.6. The maximum atomic E-state index is 14.2. The van der Waals surface area contributed by atoms with Crippen molar-refractivity contribution in [3.63, 3.8) is 0 Å². The number of carbonyl (C=O) groups is 1. The Labute approximate surface area is 410 Å². The molecule has 0 N–H and O–H groups in total. The fraction of sp³-hybridized carbons (Fsp3) is 0.191. The smallest absolute Gasteiger partial charge is 0.287 e. The SMILES string of the molecule is C=C(C#N)c1cncc[n+]1CC(=O)c1ccccc1.FC(F)(F)c1cc([B-](c2cc(C(F)(F)F)cc(C(F)(F)F)c2)(c2cc(C(F)(F)F)cc(C(F)(F)F)c2)c2cc(C(F)(F)F)cc(C(F)(F)F)c2)cc(C(F)(F)F)c1. The van der Waals surface area contributed by atoms with Crippen LogP contribution in [0.5, 0.6) is 0 Å². The average molecular weight is 1110 g/mol. The summed E-state index contributed by atoms with van der Waals surface area (Å²) in [6, 6.07) is 2.19. The number of nitriles is 1. The number of allylic oxidation sites excluding steroid dienone is 1. The largest absolute Gasteiger partial charge is 0.416 e. The van der Waals surface area contributed by atoms with Crippen molar-refractivity contribution < 1.29 is 115 Å². The van der Waals surface area contributed by atoms with Crippen molar-refractivity contribution in [2.45, 2.75) is 56.0 Å². The Balaban J connectivity index is 0.000000468. The number of hydrogen-bond acceptors (Lipinski definition) is 3. The summed E-state index contributed by atoms with van der Waals surface area (Å²) in [5.74, 6) is -0.0243. The zero-order valence-electron chi connectivity index (χ0n) is 36.9. The number of alkyl halides is 24. The van der Waals surface area contributed by atoms with Crippen molar-refractivity contribution in [2.75, 3.05) is 0 Å². The van der Waals surface area contributed by atoms with E-state index in [1.165, 1.54) is 6.20 Å². The van der Waals surface area contributed by atoms with Gasteiger partial charge < -0.3 is 0 Å². The molecule has 0 spiro atoms. The molecule has 6 rings (SSSR count). The lowest BCUT2D eigenvalue weighted by molar-refractivity contribution is -0.685. The first kappa shape index (κ1) is 59.3. The Morgan fingerprint density at radius 3 is 0.961 bits per heavy atom. The van der Waals surface area contributed by atoms with E-state index in [1.807, 2.05) is 24.3 Å². The van der Waals surface area contributed by atoms with Crippen molar-refractivity contribution in [1.82, 2.24) is 4.98 Å². The second-order valence-corrected chi connectivity index (χ2v) is 16.2. The normalized spacial score (nSPS) is 13.1. The molecule has 5 aromatic carbocycles. The van der Waals surface area contributed by atoms with Gasteiger partial charge in [0.05, 0.1) is 50.7 Å². The predicted octanol–water partition coefficient (Wildman–Crippen LogP) is 13.0. The standard InChI is InChI=1S/C32H12BF24.C15H12N3O/c34-25(35,36)13-1-14(26(37,38)39)6-21(5-13)33(22-7-15(27(40,41)42)2-16(8-22)28(43,44)45,23-9-17(29(46,47)48)3-18(10-23)30(49,50)51)24-11-19(31(52,53)54)4-20(12-24)32(55,56)57;1-12(9-16)14-10-17-7-8-18(14)11-15(19)13-5-3-2-4-6-13/h1-12H;2-8,10H,1,11H2/q-1;+1. The summed E-state index contributed by atoms with van der Waals surface area (Å²) in [5.41, 5.74) is -28.7. The van der Waals surface area contributed by atoms with Crippen LogP contribution >= 0.6 is 0 Å². The van der Waals surface area contributed by atoms with Gasteiger partial charge in [0.15, 0.2) is 6.20 Å². The van der Waals surface area contributed by atoms with Crippen LogP contribution in [-0.2, 0) is 56.0 Å². The van der Waals surface area contributed by atoms with E-state index in [-0.39, 0.29) is 17.9 Å². The predicted molar refractivity (Wildman–Crippen MR) is 220 cm³/mol. The average Bonchev–Trinajstić information content (AvgIpc) is 3.29. The number of ketones is 1. The maximum Gasteiger partial charge on any atom is 0.416 e. The summed E-state index contributed by atoms with van der Waals surface area (Å²) in [6.45, 7) is 3.81. The van der Waals surface area contributed by atoms with Crippen LogP contribution in [0.3, 0.4) is 0 Å². The summed E-state index contributed by atoms with van der Waals surface area (Å²) < 4.78 is 342. The highest BCUT2D eigenvalue weighted by atomic mass is 19.4. The number of halogens is 24. The van der Waals surface area contributed by atoms with Crippen molar-refractivity contribution in [3.8, 4) is 6.07 Å². The Morgan fingerprint density at radius 1 is 0.461 bits per heavy atom. The van der Waals surface area contributed by atoms with Gasteiger partial charge in [0.1, 0.15) is 24.0 Å². The minimum Gasteiger partial charge on any atom is -0.287 e. The third kappa shape index (κ3) is 13.5. The molecule has 0 unspecified atom stereocenters. The summed E-state index contributed by atoms with van der Waals surface area (Å²) >= 11 is 0. The minimum absolute atomic E-state index is 0.0243. The number of benzene rings is 5. The van der Waals surface area contributed by atoms with Gasteiger partial charge in [-0.25, -0.2) is 0 Å².